The van der Waals surface area contributed by atoms with E-state index in [2.05, 4.69) is 10.3 Å². The lowest BCUT2D eigenvalue weighted by atomic mass is 10.2. The van der Waals surface area contributed by atoms with Crippen molar-refractivity contribution in [3.63, 3.8) is 0 Å². The molecule has 1 unspecified atom stereocenters. The summed E-state index contributed by atoms with van der Waals surface area (Å²) in [5.41, 5.74) is 0.343. The minimum atomic E-state index is -0.565. The average molecular weight is 262 g/mol. The van der Waals surface area contributed by atoms with Crippen LogP contribution in [0.5, 0.6) is 5.75 Å². The number of hydrogen-bond donors (Lipinski definition) is 1. The largest absolute Gasteiger partial charge is 0.479 e. The molecule has 0 bridgehead atoms. The maximum absolute atomic E-state index is 11.9. The third-order valence-corrected chi connectivity index (χ3v) is 3.26. The van der Waals surface area contributed by atoms with Crippen LogP contribution in [0.1, 0.15) is 43.1 Å². The molecule has 1 aliphatic carbocycles. The molecule has 19 heavy (non-hydrogen) atoms. The molecule has 1 aromatic heterocycles. The Morgan fingerprint density at radius 3 is 2.79 bits per heavy atom. The quantitative estimate of drug-likeness (QED) is 0.820. The van der Waals surface area contributed by atoms with Crippen molar-refractivity contribution in [1.82, 2.24) is 10.3 Å². The second kappa shape index (κ2) is 6.31. The number of aldehydes is 1. The van der Waals surface area contributed by atoms with Gasteiger partial charge in [0.05, 0.1) is 6.20 Å². The zero-order valence-electron chi connectivity index (χ0n) is 11.0. The van der Waals surface area contributed by atoms with Crippen LogP contribution >= 0.6 is 0 Å². The number of rotatable bonds is 5. The van der Waals surface area contributed by atoms with Gasteiger partial charge in [-0.05, 0) is 31.9 Å². The summed E-state index contributed by atoms with van der Waals surface area (Å²) < 4.78 is 5.50. The first kappa shape index (κ1) is 13.5. The van der Waals surface area contributed by atoms with Crippen molar-refractivity contribution in [3.05, 3.63) is 24.0 Å². The van der Waals surface area contributed by atoms with Crippen molar-refractivity contribution in [2.75, 3.05) is 0 Å². The molecular weight excluding hydrogens is 244 g/mol. The highest BCUT2D eigenvalue weighted by Gasteiger charge is 2.21. The third kappa shape index (κ3) is 3.77. The summed E-state index contributed by atoms with van der Waals surface area (Å²) in [5, 5.41) is 2.98. The second-order valence-corrected chi connectivity index (χ2v) is 4.79. The second-order valence-electron chi connectivity index (χ2n) is 4.79. The van der Waals surface area contributed by atoms with Gasteiger partial charge in [-0.1, -0.05) is 12.8 Å². The van der Waals surface area contributed by atoms with E-state index in [4.69, 9.17) is 4.74 Å². The molecule has 2 rings (SSSR count). The van der Waals surface area contributed by atoms with Gasteiger partial charge in [-0.2, -0.15) is 0 Å². The first-order valence-corrected chi connectivity index (χ1v) is 6.57. The summed E-state index contributed by atoms with van der Waals surface area (Å²) in [5.74, 6) is 0.381. The molecule has 1 heterocycles. The molecule has 0 spiro atoms. The lowest BCUT2D eigenvalue weighted by Gasteiger charge is -2.17. The zero-order valence-corrected chi connectivity index (χ0v) is 11.0. The molecule has 1 aliphatic rings. The minimum Gasteiger partial charge on any atom is -0.479 e. The van der Waals surface area contributed by atoms with E-state index < -0.39 is 6.10 Å². The van der Waals surface area contributed by atoms with E-state index in [-0.39, 0.29) is 11.9 Å². The van der Waals surface area contributed by atoms with E-state index in [1.165, 1.54) is 19.0 Å². The van der Waals surface area contributed by atoms with Gasteiger partial charge in [-0.25, -0.2) is 4.98 Å². The summed E-state index contributed by atoms with van der Waals surface area (Å²) in [6.45, 7) is 1.71. The number of pyridine rings is 1. The molecule has 1 saturated carbocycles. The summed E-state index contributed by atoms with van der Waals surface area (Å²) in [6.07, 6.45) is 6.00. The van der Waals surface area contributed by atoms with Crippen LogP contribution in [0.3, 0.4) is 0 Å². The highest BCUT2D eigenvalue weighted by molar-refractivity contribution is 5.81. The molecule has 0 aliphatic heterocycles. The Morgan fingerprint density at radius 2 is 2.21 bits per heavy atom. The van der Waals surface area contributed by atoms with Crippen molar-refractivity contribution in [2.45, 2.75) is 44.8 Å². The van der Waals surface area contributed by atoms with Crippen LogP contribution in [-0.2, 0) is 4.79 Å². The standard InChI is InChI=1S/C14H18N2O3/c1-10(14(18)16-11-4-2-3-5-11)19-13-7-6-12(9-17)15-8-13/h6-11H,2-5H2,1H3,(H,16,18). The number of aromatic nitrogens is 1. The van der Waals surface area contributed by atoms with Crippen molar-refractivity contribution < 1.29 is 14.3 Å². The van der Waals surface area contributed by atoms with E-state index in [0.717, 1.165) is 12.8 Å². The molecule has 1 atom stereocenters. The fourth-order valence-corrected chi connectivity index (χ4v) is 2.18. The number of nitrogens with one attached hydrogen (secondary N) is 1. The van der Waals surface area contributed by atoms with Crippen LogP contribution in [0.15, 0.2) is 18.3 Å². The molecule has 1 fully saturated rings. The fraction of sp³-hybridized carbons (Fsp3) is 0.500. The summed E-state index contributed by atoms with van der Waals surface area (Å²) in [6, 6.07) is 3.48. The number of carbonyl (C=O) groups is 2. The van der Waals surface area contributed by atoms with Gasteiger partial charge in [0.15, 0.2) is 12.4 Å². The lowest BCUT2D eigenvalue weighted by Crippen LogP contribution is -2.41. The number of hydrogen-bond acceptors (Lipinski definition) is 4. The molecule has 5 heteroatoms. The first-order valence-electron chi connectivity index (χ1n) is 6.57. The summed E-state index contributed by atoms with van der Waals surface area (Å²) >= 11 is 0. The maximum atomic E-state index is 11.9. The Kier molecular flexibility index (Phi) is 4.49. The van der Waals surface area contributed by atoms with E-state index in [0.29, 0.717) is 17.7 Å². The highest BCUT2D eigenvalue weighted by atomic mass is 16.5. The molecular formula is C14H18N2O3. The average Bonchev–Trinajstić information content (AvgIpc) is 2.92. The Hall–Kier alpha value is -1.91. The SMILES string of the molecule is CC(Oc1ccc(C=O)nc1)C(=O)NC1CCCC1. The van der Waals surface area contributed by atoms with Gasteiger partial charge in [-0.15, -0.1) is 0 Å². The van der Waals surface area contributed by atoms with Crippen LogP contribution < -0.4 is 10.1 Å². The first-order chi connectivity index (χ1) is 9.19. The fourth-order valence-electron chi connectivity index (χ4n) is 2.18. The molecule has 0 saturated heterocycles. The van der Waals surface area contributed by atoms with Crippen LogP contribution in [0.2, 0.25) is 0 Å². The minimum absolute atomic E-state index is 0.105. The summed E-state index contributed by atoms with van der Waals surface area (Å²) in [4.78, 5) is 26.3. The lowest BCUT2D eigenvalue weighted by molar-refractivity contribution is -0.127. The van der Waals surface area contributed by atoms with Gasteiger partial charge in [0.2, 0.25) is 0 Å². The Bertz CT molecular complexity index is 439. The van der Waals surface area contributed by atoms with Gasteiger partial charge < -0.3 is 10.1 Å². The van der Waals surface area contributed by atoms with E-state index in [1.54, 1.807) is 19.1 Å². The van der Waals surface area contributed by atoms with Crippen molar-refractivity contribution in [2.24, 2.45) is 0 Å². The molecule has 0 aromatic carbocycles. The monoisotopic (exact) mass is 262 g/mol. The van der Waals surface area contributed by atoms with Crippen LogP contribution in [-0.4, -0.2) is 29.3 Å². The van der Waals surface area contributed by atoms with Gasteiger partial charge >= 0.3 is 0 Å². The van der Waals surface area contributed by atoms with Crippen LogP contribution in [0.25, 0.3) is 0 Å². The van der Waals surface area contributed by atoms with Gasteiger partial charge in [0.1, 0.15) is 11.4 Å². The van der Waals surface area contributed by atoms with Crippen molar-refractivity contribution in [3.8, 4) is 5.75 Å². The molecule has 1 N–H and O–H groups in total. The Labute approximate surface area is 112 Å². The zero-order chi connectivity index (χ0) is 13.7. The van der Waals surface area contributed by atoms with E-state index >= 15 is 0 Å². The van der Waals surface area contributed by atoms with E-state index in [9.17, 15) is 9.59 Å². The van der Waals surface area contributed by atoms with Gasteiger partial charge in [-0.3, -0.25) is 9.59 Å². The van der Waals surface area contributed by atoms with Crippen molar-refractivity contribution in [1.29, 1.82) is 0 Å². The van der Waals surface area contributed by atoms with Crippen molar-refractivity contribution >= 4 is 12.2 Å². The molecule has 102 valence electrons. The molecule has 1 amide bonds. The predicted molar refractivity (Wildman–Crippen MR) is 70.1 cm³/mol. The predicted octanol–water partition coefficient (Wildman–Crippen LogP) is 1.72. The normalized spacial score (nSPS) is 16.9. The Balaban J connectivity index is 1.86. The van der Waals surface area contributed by atoms with Gasteiger partial charge in [0, 0.05) is 6.04 Å². The summed E-state index contributed by atoms with van der Waals surface area (Å²) in [7, 11) is 0. The van der Waals surface area contributed by atoms with E-state index in [1.807, 2.05) is 0 Å². The van der Waals surface area contributed by atoms with Crippen LogP contribution in [0, 0.1) is 0 Å². The third-order valence-electron chi connectivity index (χ3n) is 3.26. The van der Waals surface area contributed by atoms with Gasteiger partial charge in [0.25, 0.3) is 5.91 Å². The highest BCUT2D eigenvalue weighted by Crippen LogP contribution is 2.18. The number of amides is 1. The maximum Gasteiger partial charge on any atom is 0.260 e. The molecule has 1 aromatic rings. The number of ether oxygens (including phenoxy) is 1. The Morgan fingerprint density at radius 1 is 1.47 bits per heavy atom. The molecule has 5 nitrogen and oxygen atoms in total. The number of carbonyl (C=O) groups excluding carboxylic acids is 2. The smallest absolute Gasteiger partial charge is 0.260 e. The molecule has 0 radical (unpaired) electrons. The topological polar surface area (TPSA) is 68.3 Å². The van der Waals surface area contributed by atoms with Crippen LogP contribution in [0.4, 0.5) is 0 Å². The number of nitrogens with zero attached hydrogens (tertiary/aromatic N) is 1.